The number of carbonyl (C=O) groups is 3. The maximum atomic E-state index is 13.3. The molecule has 0 spiro atoms. The summed E-state index contributed by atoms with van der Waals surface area (Å²) in [4.78, 5) is 39.0. The molecule has 12 heteroatoms. The molecule has 1 aromatic rings. The molecule has 0 aliphatic carbocycles. The third-order valence-corrected chi connectivity index (χ3v) is 7.41. The van der Waals surface area contributed by atoms with E-state index in [-0.39, 0.29) is 34.0 Å². The number of nitrogens with zero attached hydrogens (tertiary/aromatic N) is 5. The number of aryl methyl sites for hydroxylation is 1. The van der Waals surface area contributed by atoms with Gasteiger partial charge in [0, 0.05) is 32.1 Å². The molecule has 2 aliphatic rings. The van der Waals surface area contributed by atoms with Gasteiger partial charge in [-0.2, -0.15) is 0 Å². The summed E-state index contributed by atoms with van der Waals surface area (Å²) in [7, 11) is 3.18. The topological polar surface area (TPSA) is 117 Å². The Morgan fingerprint density at radius 1 is 1.31 bits per heavy atom. The number of hydrogen-bond donors (Lipinski definition) is 0. The Balaban J connectivity index is 2.09. The summed E-state index contributed by atoms with van der Waals surface area (Å²) >= 11 is 2.79. The first-order valence-electron chi connectivity index (χ1n) is 8.87. The highest BCUT2D eigenvalue weighted by Gasteiger charge is 2.57. The Hall–Kier alpha value is -1.92. The Kier molecular flexibility index (Phi) is 6.06. The first kappa shape index (κ1) is 21.8. The van der Waals surface area contributed by atoms with Crippen molar-refractivity contribution in [3.63, 3.8) is 0 Å². The highest BCUT2D eigenvalue weighted by Crippen LogP contribution is 2.51. The van der Waals surface area contributed by atoms with Crippen molar-refractivity contribution < 1.29 is 23.9 Å². The molecule has 1 fully saturated rings. The van der Waals surface area contributed by atoms with E-state index in [2.05, 4.69) is 15.5 Å². The number of β-lactam (4-membered cyclic amide) rings is 1. The second kappa shape index (κ2) is 8.07. The van der Waals surface area contributed by atoms with E-state index in [1.165, 1.54) is 47.1 Å². The summed E-state index contributed by atoms with van der Waals surface area (Å²) in [5.74, 6) is -0.947. The fraction of sp³-hybridized carbons (Fsp3) is 0.647. The third kappa shape index (κ3) is 4.05. The molecule has 1 aromatic heterocycles. The van der Waals surface area contributed by atoms with Crippen LogP contribution in [0.25, 0.3) is 0 Å². The SMILES string of the molecule is CO[C@H]1C(=O)N2C(C(=O)C(C)(C)C)=C(COC(C)=O)C(Sc3nnnn3C)S[C@@H]12. The van der Waals surface area contributed by atoms with Crippen LogP contribution in [0.5, 0.6) is 0 Å². The molecule has 0 saturated carbocycles. The number of carbonyl (C=O) groups excluding carboxylic acids is 3. The summed E-state index contributed by atoms with van der Waals surface area (Å²) in [6.45, 7) is 6.56. The molecule has 2 aliphatic heterocycles. The van der Waals surface area contributed by atoms with E-state index in [0.717, 1.165) is 0 Å². The molecule has 1 amide bonds. The van der Waals surface area contributed by atoms with Gasteiger partial charge in [0.05, 0.1) is 10.3 Å². The minimum Gasteiger partial charge on any atom is -0.461 e. The molecule has 0 N–H and O–H groups in total. The van der Waals surface area contributed by atoms with Crippen molar-refractivity contribution in [2.24, 2.45) is 12.5 Å². The first-order chi connectivity index (χ1) is 13.6. The van der Waals surface area contributed by atoms with Gasteiger partial charge in [-0.3, -0.25) is 19.3 Å². The molecular formula is C17H23N5O5S2. The minimum atomic E-state index is -0.733. The summed E-state index contributed by atoms with van der Waals surface area (Å²) in [5, 5.41) is 11.7. The fourth-order valence-corrected chi connectivity index (χ4v) is 5.85. The van der Waals surface area contributed by atoms with Crippen LogP contribution in [0.3, 0.4) is 0 Å². The van der Waals surface area contributed by atoms with E-state index in [9.17, 15) is 14.4 Å². The molecule has 3 heterocycles. The molecule has 3 atom stereocenters. The maximum absolute atomic E-state index is 13.3. The highest BCUT2D eigenvalue weighted by atomic mass is 32.2. The quantitative estimate of drug-likeness (QED) is 0.467. The first-order valence-corrected chi connectivity index (χ1v) is 10.7. The van der Waals surface area contributed by atoms with Gasteiger partial charge in [0.2, 0.25) is 5.16 Å². The lowest BCUT2D eigenvalue weighted by Gasteiger charge is -2.51. The lowest BCUT2D eigenvalue weighted by Crippen LogP contribution is -2.66. The zero-order valence-corrected chi connectivity index (χ0v) is 18.7. The summed E-state index contributed by atoms with van der Waals surface area (Å²) < 4.78 is 11.8. The molecule has 1 unspecified atom stereocenters. The third-order valence-electron chi connectivity index (χ3n) is 4.46. The van der Waals surface area contributed by atoms with Crippen LogP contribution in [0.15, 0.2) is 16.4 Å². The van der Waals surface area contributed by atoms with Crippen molar-refractivity contribution in [2.75, 3.05) is 13.7 Å². The number of ketones is 1. The lowest BCUT2D eigenvalue weighted by atomic mass is 9.85. The number of ether oxygens (including phenoxy) is 2. The van der Waals surface area contributed by atoms with Crippen molar-refractivity contribution in [3.8, 4) is 0 Å². The highest BCUT2D eigenvalue weighted by molar-refractivity contribution is 8.17. The van der Waals surface area contributed by atoms with Gasteiger partial charge in [-0.15, -0.1) is 16.9 Å². The van der Waals surface area contributed by atoms with Gasteiger partial charge in [-0.05, 0) is 10.4 Å². The van der Waals surface area contributed by atoms with Gasteiger partial charge in [0.25, 0.3) is 5.91 Å². The van der Waals surface area contributed by atoms with Crippen LogP contribution in [-0.4, -0.2) is 72.5 Å². The standard InChI is InChI=1S/C17H23N5O5S2/c1-8(23)27-7-9-10(12(24)17(2,3)4)22-13(25)11(26-6)14(22)28-15(9)29-16-18-19-20-21(16)5/h11,14-15H,7H2,1-6H3/t11-,14-,15?/m0/s1. The number of aromatic nitrogens is 4. The molecule has 0 aromatic carbocycles. The van der Waals surface area contributed by atoms with Crippen LogP contribution in [-0.2, 0) is 30.9 Å². The van der Waals surface area contributed by atoms with Crippen molar-refractivity contribution >= 4 is 41.2 Å². The van der Waals surface area contributed by atoms with Gasteiger partial charge < -0.3 is 9.47 Å². The van der Waals surface area contributed by atoms with Crippen molar-refractivity contribution in [3.05, 3.63) is 11.3 Å². The number of esters is 1. The minimum absolute atomic E-state index is 0.101. The monoisotopic (exact) mass is 441 g/mol. The summed E-state index contributed by atoms with van der Waals surface area (Å²) in [5.41, 5.74) is 0.0919. The van der Waals surface area contributed by atoms with Crippen LogP contribution < -0.4 is 0 Å². The van der Waals surface area contributed by atoms with Crippen LogP contribution in [0.2, 0.25) is 0 Å². The number of rotatable bonds is 6. The fourth-order valence-electron chi connectivity index (χ4n) is 2.94. The second-order valence-electron chi connectivity index (χ2n) is 7.66. The lowest BCUT2D eigenvalue weighted by molar-refractivity contribution is -0.160. The summed E-state index contributed by atoms with van der Waals surface area (Å²) in [6.07, 6.45) is -0.640. The van der Waals surface area contributed by atoms with Gasteiger partial charge in [0.1, 0.15) is 12.0 Å². The van der Waals surface area contributed by atoms with Gasteiger partial charge in [-0.25, -0.2) is 4.68 Å². The largest absolute Gasteiger partial charge is 0.461 e. The number of amides is 1. The second-order valence-corrected chi connectivity index (χ2v) is 10.3. The van der Waals surface area contributed by atoms with E-state index in [1.807, 2.05) is 0 Å². The van der Waals surface area contributed by atoms with Crippen LogP contribution >= 0.6 is 23.5 Å². The number of thioether (sulfide) groups is 2. The zero-order chi connectivity index (χ0) is 21.5. The average Bonchev–Trinajstić information content (AvgIpc) is 3.03. The summed E-state index contributed by atoms with van der Waals surface area (Å²) in [6, 6.07) is 0. The Morgan fingerprint density at radius 3 is 2.52 bits per heavy atom. The van der Waals surface area contributed by atoms with Gasteiger partial charge in [-0.1, -0.05) is 32.5 Å². The van der Waals surface area contributed by atoms with Gasteiger partial charge in [0.15, 0.2) is 11.9 Å². The molecule has 29 heavy (non-hydrogen) atoms. The molecule has 1 saturated heterocycles. The van der Waals surface area contributed by atoms with Crippen molar-refractivity contribution in [1.29, 1.82) is 0 Å². The number of tetrazole rings is 1. The van der Waals surface area contributed by atoms with E-state index < -0.39 is 17.5 Å². The predicted molar refractivity (Wildman–Crippen MR) is 106 cm³/mol. The smallest absolute Gasteiger partial charge is 0.302 e. The predicted octanol–water partition coefficient (Wildman–Crippen LogP) is 0.991. The normalized spacial score (nSPS) is 24.3. The maximum Gasteiger partial charge on any atom is 0.302 e. The van der Waals surface area contributed by atoms with Crippen LogP contribution in [0.1, 0.15) is 27.7 Å². The zero-order valence-electron chi connectivity index (χ0n) is 17.0. The Labute approximate surface area is 176 Å². The van der Waals surface area contributed by atoms with Crippen molar-refractivity contribution in [1.82, 2.24) is 25.1 Å². The van der Waals surface area contributed by atoms with Crippen LogP contribution in [0.4, 0.5) is 0 Å². The van der Waals surface area contributed by atoms with Crippen molar-refractivity contribution in [2.45, 2.75) is 48.9 Å². The molecular weight excluding hydrogens is 418 g/mol. The molecule has 158 valence electrons. The van der Waals surface area contributed by atoms with E-state index in [0.29, 0.717) is 10.7 Å². The number of fused-ring (bicyclic) bond motifs is 1. The molecule has 0 bridgehead atoms. The van der Waals surface area contributed by atoms with Gasteiger partial charge >= 0.3 is 5.97 Å². The Morgan fingerprint density at radius 2 is 2.00 bits per heavy atom. The molecule has 3 rings (SSSR count). The van der Waals surface area contributed by atoms with E-state index in [4.69, 9.17) is 9.47 Å². The number of allylic oxidation sites excluding steroid dienone is 1. The van der Waals surface area contributed by atoms with E-state index in [1.54, 1.807) is 27.8 Å². The number of Topliss-reactive ketones (excluding diaryl/α,β-unsaturated/α-hetero) is 1. The average molecular weight is 442 g/mol. The van der Waals surface area contributed by atoms with Crippen LogP contribution in [0, 0.1) is 5.41 Å². The number of methoxy groups -OCH3 is 1. The Bertz CT molecular complexity index is 878. The molecule has 0 radical (unpaired) electrons. The number of hydrogen-bond acceptors (Lipinski definition) is 10. The molecule has 10 nitrogen and oxygen atoms in total. The van der Waals surface area contributed by atoms with E-state index >= 15 is 0 Å².